The molecule has 0 N–H and O–H groups in total. The monoisotopic (exact) mass is 409 g/mol. The molecule has 0 radical (unpaired) electrons. The first-order valence-electron chi connectivity index (χ1n) is 9.01. The van der Waals surface area contributed by atoms with Gasteiger partial charge < -0.3 is 0 Å². The zero-order chi connectivity index (χ0) is 18.9. The molecule has 2 aromatic heterocycles. The second-order valence-corrected chi connectivity index (χ2v) is 8.65. The van der Waals surface area contributed by atoms with Gasteiger partial charge in [0.2, 0.25) is 0 Å². The van der Waals surface area contributed by atoms with Crippen LogP contribution in [0.2, 0.25) is 0 Å². The average Bonchev–Trinajstić information content (AvgIpc) is 3.35. The van der Waals surface area contributed by atoms with Crippen molar-refractivity contribution in [2.24, 2.45) is 0 Å². The molecule has 8 heteroatoms. The number of halogens is 1. The van der Waals surface area contributed by atoms with Gasteiger partial charge in [-0.1, -0.05) is 30.3 Å². The Balaban J connectivity index is 1.50. The summed E-state index contributed by atoms with van der Waals surface area (Å²) in [5.41, 5.74) is 1.97. The molecule has 0 saturated heterocycles. The molecular formula is C20H16FN5S2. The van der Waals surface area contributed by atoms with Crippen LogP contribution in [0.4, 0.5) is 4.39 Å². The van der Waals surface area contributed by atoms with Gasteiger partial charge in [-0.05, 0) is 66.0 Å². The first-order valence-corrected chi connectivity index (χ1v) is 10.6. The molecule has 1 fully saturated rings. The van der Waals surface area contributed by atoms with E-state index in [9.17, 15) is 4.39 Å². The summed E-state index contributed by atoms with van der Waals surface area (Å²) in [7, 11) is 0. The SMILES string of the molecule is Fc1ccc(-c2nnc(Sc3nc(C4CC4)ns3)n2Cc2ccccc2)cc1. The highest BCUT2D eigenvalue weighted by Gasteiger charge is 2.28. The second kappa shape index (κ2) is 7.44. The lowest BCUT2D eigenvalue weighted by Gasteiger charge is -2.10. The van der Waals surface area contributed by atoms with Gasteiger partial charge in [0.15, 0.2) is 15.3 Å². The Morgan fingerprint density at radius 1 is 1.04 bits per heavy atom. The van der Waals surface area contributed by atoms with Crippen molar-refractivity contribution in [3.8, 4) is 11.4 Å². The third kappa shape index (κ3) is 3.70. The van der Waals surface area contributed by atoms with Gasteiger partial charge in [0, 0.05) is 11.5 Å². The van der Waals surface area contributed by atoms with Gasteiger partial charge in [0.05, 0.1) is 6.54 Å². The molecule has 1 saturated carbocycles. The van der Waals surface area contributed by atoms with E-state index in [0.29, 0.717) is 18.3 Å². The zero-order valence-electron chi connectivity index (χ0n) is 14.8. The maximum absolute atomic E-state index is 13.4. The summed E-state index contributed by atoms with van der Waals surface area (Å²) in [4.78, 5) is 4.65. The lowest BCUT2D eigenvalue weighted by molar-refractivity contribution is 0.628. The minimum Gasteiger partial charge on any atom is -0.297 e. The van der Waals surface area contributed by atoms with Crippen LogP contribution in [0.25, 0.3) is 11.4 Å². The summed E-state index contributed by atoms with van der Waals surface area (Å²) in [5.74, 6) is 1.91. The highest BCUT2D eigenvalue weighted by molar-refractivity contribution is 8.00. The topological polar surface area (TPSA) is 56.5 Å². The highest BCUT2D eigenvalue weighted by atomic mass is 32.2. The third-order valence-corrected chi connectivity index (χ3v) is 6.30. The van der Waals surface area contributed by atoms with Crippen LogP contribution >= 0.6 is 23.3 Å². The molecule has 140 valence electrons. The number of benzene rings is 2. The molecule has 0 spiro atoms. The molecule has 2 heterocycles. The Morgan fingerprint density at radius 2 is 1.82 bits per heavy atom. The summed E-state index contributed by atoms with van der Waals surface area (Å²) >= 11 is 2.88. The van der Waals surface area contributed by atoms with E-state index in [2.05, 4.69) is 31.7 Å². The molecular weight excluding hydrogens is 393 g/mol. The quantitative estimate of drug-likeness (QED) is 0.448. The normalized spacial score (nSPS) is 13.8. The van der Waals surface area contributed by atoms with Crippen molar-refractivity contribution in [1.29, 1.82) is 0 Å². The van der Waals surface area contributed by atoms with Crippen LogP contribution in [0.1, 0.15) is 30.1 Å². The standard InChI is InChI=1S/C20H16FN5S2/c21-16-10-8-15(9-11-16)18-23-24-19(26(18)12-13-4-2-1-3-5-13)27-20-22-17(25-28-20)14-6-7-14/h1-5,8-11,14H,6-7,12H2. The van der Waals surface area contributed by atoms with E-state index in [-0.39, 0.29) is 5.82 Å². The van der Waals surface area contributed by atoms with Gasteiger partial charge in [-0.3, -0.25) is 4.57 Å². The van der Waals surface area contributed by atoms with Crippen LogP contribution in [0.5, 0.6) is 0 Å². The van der Waals surface area contributed by atoms with Gasteiger partial charge in [0.1, 0.15) is 11.6 Å². The van der Waals surface area contributed by atoms with Crippen molar-refractivity contribution < 1.29 is 4.39 Å². The van der Waals surface area contributed by atoms with Gasteiger partial charge in [-0.2, -0.15) is 4.37 Å². The molecule has 5 nitrogen and oxygen atoms in total. The molecule has 28 heavy (non-hydrogen) atoms. The maximum Gasteiger partial charge on any atom is 0.198 e. The van der Waals surface area contributed by atoms with E-state index in [1.54, 1.807) is 12.1 Å². The summed E-state index contributed by atoms with van der Waals surface area (Å²) in [6.45, 7) is 0.622. The van der Waals surface area contributed by atoms with E-state index >= 15 is 0 Å². The second-order valence-electron chi connectivity index (χ2n) is 6.68. The van der Waals surface area contributed by atoms with Crippen molar-refractivity contribution in [3.63, 3.8) is 0 Å². The highest BCUT2D eigenvalue weighted by Crippen LogP contribution is 2.40. The number of aromatic nitrogens is 5. The van der Waals surface area contributed by atoms with Crippen molar-refractivity contribution in [3.05, 3.63) is 71.8 Å². The number of nitrogens with zero attached hydrogens (tertiary/aromatic N) is 5. The Bertz CT molecular complexity index is 1090. The lowest BCUT2D eigenvalue weighted by Crippen LogP contribution is -2.04. The smallest absolute Gasteiger partial charge is 0.198 e. The Kier molecular flexibility index (Phi) is 4.66. The molecule has 5 rings (SSSR count). The van der Waals surface area contributed by atoms with Crippen LogP contribution in [0, 0.1) is 5.82 Å². The molecule has 2 aromatic carbocycles. The molecule has 0 bridgehead atoms. The molecule has 1 aliphatic carbocycles. The number of hydrogen-bond donors (Lipinski definition) is 0. The van der Waals surface area contributed by atoms with Crippen molar-refractivity contribution in [2.75, 3.05) is 0 Å². The van der Waals surface area contributed by atoms with Crippen LogP contribution in [-0.4, -0.2) is 24.1 Å². The summed E-state index contributed by atoms with van der Waals surface area (Å²) in [6.07, 6.45) is 2.36. The van der Waals surface area contributed by atoms with Crippen LogP contribution in [0.15, 0.2) is 64.1 Å². The average molecular weight is 410 g/mol. The van der Waals surface area contributed by atoms with E-state index in [0.717, 1.165) is 26.4 Å². The summed E-state index contributed by atoms with van der Waals surface area (Å²) in [6, 6.07) is 16.5. The fourth-order valence-corrected chi connectivity index (χ4v) is 4.55. The number of rotatable bonds is 6. The van der Waals surface area contributed by atoms with Gasteiger partial charge in [-0.25, -0.2) is 9.37 Å². The van der Waals surface area contributed by atoms with Crippen LogP contribution in [-0.2, 0) is 6.54 Å². The number of hydrogen-bond acceptors (Lipinski definition) is 6. The Morgan fingerprint density at radius 3 is 2.57 bits per heavy atom. The molecule has 0 aliphatic heterocycles. The fraction of sp³-hybridized carbons (Fsp3) is 0.200. The van der Waals surface area contributed by atoms with Crippen LogP contribution in [0.3, 0.4) is 0 Å². The van der Waals surface area contributed by atoms with E-state index in [4.69, 9.17) is 0 Å². The molecule has 0 atom stereocenters. The van der Waals surface area contributed by atoms with Crippen molar-refractivity contribution in [1.82, 2.24) is 24.1 Å². The Labute approximate surface area is 169 Å². The van der Waals surface area contributed by atoms with Gasteiger partial charge in [0.25, 0.3) is 0 Å². The third-order valence-electron chi connectivity index (χ3n) is 4.55. The van der Waals surface area contributed by atoms with Crippen molar-refractivity contribution in [2.45, 2.75) is 34.8 Å². The summed E-state index contributed by atoms with van der Waals surface area (Å²) in [5, 5.41) is 9.54. The summed E-state index contributed by atoms with van der Waals surface area (Å²) < 4.78 is 20.7. The zero-order valence-corrected chi connectivity index (χ0v) is 16.5. The van der Waals surface area contributed by atoms with E-state index in [1.165, 1.54) is 48.3 Å². The van der Waals surface area contributed by atoms with Gasteiger partial charge in [-0.15, -0.1) is 10.2 Å². The first-order chi connectivity index (χ1) is 13.8. The van der Waals surface area contributed by atoms with Crippen molar-refractivity contribution >= 4 is 23.3 Å². The Hall–Kier alpha value is -2.58. The van der Waals surface area contributed by atoms with E-state index < -0.39 is 0 Å². The predicted octanol–water partition coefficient (Wildman–Crippen LogP) is 5.01. The molecule has 0 unspecified atom stereocenters. The van der Waals surface area contributed by atoms with Gasteiger partial charge >= 0.3 is 0 Å². The lowest BCUT2D eigenvalue weighted by atomic mass is 10.2. The predicted molar refractivity (Wildman–Crippen MR) is 107 cm³/mol. The molecule has 4 aromatic rings. The minimum absolute atomic E-state index is 0.270. The molecule has 0 amide bonds. The minimum atomic E-state index is -0.270. The van der Waals surface area contributed by atoms with E-state index in [1.807, 2.05) is 22.8 Å². The fourth-order valence-electron chi connectivity index (χ4n) is 2.93. The molecule has 1 aliphatic rings. The maximum atomic E-state index is 13.4. The largest absolute Gasteiger partial charge is 0.297 e. The van der Waals surface area contributed by atoms with Crippen LogP contribution < -0.4 is 0 Å². The first kappa shape index (κ1) is 17.5.